The molecule has 3 N–H and O–H groups in total. The Hall–Kier alpha value is -1.34. The maximum absolute atomic E-state index is 11.4. The highest BCUT2D eigenvalue weighted by molar-refractivity contribution is 5.73. The fourth-order valence-corrected chi connectivity index (χ4v) is 1.28. The first-order valence-corrected chi connectivity index (χ1v) is 6.36. The quantitative estimate of drug-likeness (QED) is 0.476. The van der Waals surface area contributed by atoms with Crippen LogP contribution in [0.4, 0.5) is 4.79 Å². The van der Waals surface area contributed by atoms with Gasteiger partial charge in [0.25, 0.3) is 0 Å². The van der Waals surface area contributed by atoms with E-state index >= 15 is 0 Å². The number of amides is 2. The van der Waals surface area contributed by atoms with E-state index in [0.717, 1.165) is 0 Å². The molecule has 1 atom stereocenters. The van der Waals surface area contributed by atoms with Crippen LogP contribution in [0.1, 0.15) is 19.8 Å². The zero-order valence-electron chi connectivity index (χ0n) is 11.6. The summed E-state index contributed by atoms with van der Waals surface area (Å²) in [6, 6.07) is -0.266. The van der Waals surface area contributed by atoms with E-state index < -0.39 is 5.97 Å². The molecule has 0 fully saturated rings. The number of carboxylic acid groups (broad SMARTS) is 1. The summed E-state index contributed by atoms with van der Waals surface area (Å²) in [7, 11) is 1.60. The Morgan fingerprint density at radius 3 is 2.58 bits per heavy atom. The fourth-order valence-electron chi connectivity index (χ4n) is 1.28. The Balaban J connectivity index is 3.40. The molecule has 2 amide bonds. The third kappa shape index (κ3) is 12.9. The molecule has 0 saturated heterocycles. The van der Waals surface area contributed by atoms with Crippen LogP contribution in [0.2, 0.25) is 0 Å². The highest BCUT2D eigenvalue weighted by atomic mass is 16.5. The van der Waals surface area contributed by atoms with Gasteiger partial charge in [0.2, 0.25) is 0 Å². The third-order valence-corrected chi connectivity index (χ3v) is 2.43. The molecular weight excluding hydrogens is 252 g/mol. The number of urea groups is 1. The van der Waals surface area contributed by atoms with Gasteiger partial charge in [0, 0.05) is 26.6 Å². The topological polar surface area (TPSA) is 96.9 Å². The van der Waals surface area contributed by atoms with E-state index in [1.165, 1.54) is 0 Å². The van der Waals surface area contributed by atoms with E-state index in [2.05, 4.69) is 10.6 Å². The molecule has 7 nitrogen and oxygen atoms in total. The second-order valence-corrected chi connectivity index (χ2v) is 4.28. The number of hydrogen-bond acceptors (Lipinski definition) is 4. The molecule has 0 aromatic rings. The van der Waals surface area contributed by atoms with E-state index in [9.17, 15) is 9.59 Å². The summed E-state index contributed by atoms with van der Waals surface area (Å²) in [6.45, 7) is 4.27. The third-order valence-electron chi connectivity index (χ3n) is 2.43. The number of aliphatic carboxylic acids is 1. The van der Waals surface area contributed by atoms with Gasteiger partial charge < -0.3 is 25.2 Å². The molecule has 0 aromatic heterocycles. The monoisotopic (exact) mass is 276 g/mol. The lowest BCUT2D eigenvalue weighted by Crippen LogP contribution is -2.39. The van der Waals surface area contributed by atoms with Crippen LogP contribution in [-0.2, 0) is 14.3 Å². The second-order valence-electron chi connectivity index (χ2n) is 4.28. The van der Waals surface area contributed by atoms with Crippen molar-refractivity contribution in [3.8, 4) is 0 Å². The van der Waals surface area contributed by atoms with E-state index in [-0.39, 0.29) is 18.4 Å². The van der Waals surface area contributed by atoms with E-state index in [1.807, 2.05) is 6.92 Å². The minimum absolute atomic E-state index is 0.123. The molecule has 112 valence electrons. The van der Waals surface area contributed by atoms with Gasteiger partial charge in [-0.25, -0.2) is 4.79 Å². The fraction of sp³-hybridized carbons (Fsp3) is 0.833. The number of carbonyl (C=O) groups excluding carboxylic acids is 1. The molecule has 1 unspecified atom stereocenters. The van der Waals surface area contributed by atoms with Gasteiger partial charge in [-0.3, -0.25) is 4.79 Å². The largest absolute Gasteiger partial charge is 0.481 e. The summed E-state index contributed by atoms with van der Waals surface area (Å²) in [6.07, 6.45) is 0.674. The maximum Gasteiger partial charge on any atom is 0.314 e. The van der Waals surface area contributed by atoms with Crippen LogP contribution in [0.15, 0.2) is 0 Å². The molecule has 0 aliphatic carbocycles. The van der Waals surface area contributed by atoms with Crippen molar-refractivity contribution in [2.24, 2.45) is 5.92 Å². The highest BCUT2D eigenvalue weighted by Crippen LogP contribution is 2.03. The molecular formula is C12H24N2O5. The van der Waals surface area contributed by atoms with Gasteiger partial charge in [-0.2, -0.15) is 0 Å². The van der Waals surface area contributed by atoms with Crippen molar-refractivity contribution in [1.29, 1.82) is 0 Å². The maximum atomic E-state index is 11.4. The van der Waals surface area contributed by atoms with Crippen molar-refractivity contribution in [3.05, 3.63) is 0 Å². The molecule has 0 aromatic carbocycles. The average Bonchev–Trinajstić information content (AvgIpc) is 2.38. The Labute approximate surface area is 113 Å². The van der Waals surface area contributed by atoms with Crippen LogP contribution in [0.5, 0.6) is 0 Å². The van der Waals surface area contributed by atoms with Gasteiger partial charge in [0.05, 0.1) is 19.8 Å². The van der Waals surface area contributed by atoms with Gasteiger partial charge >= 0.3 is 12.0 Å². The predicted octanol–water partition coefficient (Wildman–Crippen LogP) is 0.450. The molecule has 19 heavy (non-hydrogen) atoms. The van der Waals surface area contributed by atoms with Crippen molar-refractivity contribution < 1.29 is 24.2 Å². The average molecular weight is 276 g/mol. The van der Waals surface area contributed by atoms with E-state index in [4.69, 9.17) is 14.6 Å². The number of hydrogen-bond donors (Lipinski definition) is 3. The van der Waals surface area contributed by atoms with Crippen molar-refractivity contribution in [1.82, 2.24) is 10.6 Å². The van der Waals surface area contributed by atoms with Crippen molar-refractivity contribution in [2.75, 3.05) is 40.0 Å². The van der Waals surface area contributed by atoms with Gasteiger partial charge in [0.1, 0.15) is 0 Å². The lowest BCUT2D eigenvalue weighted by Gasteiger charge is -2.12. The Morgan fingerprint density at radius 2 is 1.95 bits per heavy atom. The molecule has 0 saturated carbocycles. The van der Waals surface area contributed by atoms with Crippen molar-refractivity contribution in [3.63, 3.8) is 0 Å². The number of rotatable bonds is 11. The number of carbonyl (C=O) groups is 2. The molecule has 0 heterocycles. The summed E-state index contributed by atoms with van der Waals surface area (Å²) in [5, 5.41) is 13.9. The van der Waals surface area contributed by atoms with Gasteiger partial charge in [-0.05, 0) is 12.3 Å². The normalized spacial score (nSPS) is 11.9. The zero-order valence-corrected chi connectivity index (χ0v) is 11.6. The van der Waals surface area contributed by atoms with Crippen LogP contribution in [0, 0.1) is 5.92 Å². The summed E-state index contributed by atoms with van der Waals surface area (Å²) in [4.78, 5) is 21.7. The first kappa shape index (κ1) is 17.7. The molecule has 0 radical (unpaired) electrons. The van der Waals surface area contributed by atoms with E-state index in [1.54, 1.807) is 7.11 Å². The predicted molar refractivity (Wildman–Crippen MR) is 70.1 cm³/mol. The minimum Gasteiger partial charge on any atom is -0.481 e. The van der Waals surface area contributed by atoms with Gasteiger partial charge in [-0.1, -0.05) is 6.92 Å². The van der Waals surface area contributed by atoms with Crippen LogP contribution in [0.3, 0.4) is 0 Å². The Bertz CT molecular complexity index is 261. The van der Waals surface area contributed by atoms with Gasteiger partial charge in [-0.15, -0.1) is 0 Å². The molecule has 0 aliphatic heterocycles. The van der Waals surface area contributed by atoms with Gasteiger partial charge in [0.15, 0.2) is 0 Å². The second kappa shape index (κ2) is 11.7. The highest BCUT2D eigenvalue weighted by Gasteiger charge is 2.07. The Morgan fingerprint density at radius 1 is 1.21 bits per heavy atom. The smallest absolute Gasteiger partial charge is 0.314 e. The van der Waals surface area contributed by atoms with Crippen LogP contribution in [0.25, 0.3) is 0 Å². The van der Waals surface area contributed by atoms with E-state index in [0.29, 0.717) is 39.3 Å². The molecule has 0 bridgehead atoms. The lowest BCUT2D eigenvalue weighted by atomic mass is 10.1. The molecule has 0 rings (SSSR count). The van der Waals surface area contributed by atoms with Crippen LogP contribution < -0.4 is 10.6 Å². The lowest BCUT2D eigenvalue weighted by molar-refractivity contribution is -0.137. The molecule has 0 aliphatic rings. The standard InChI is InChI=1S/C12H24N2O5/c1-10(3-4-11(15)16)9-14-12(17)13-5-6-19-8-7-18-2/h10H,3-9H2,1-2H3,(H,15,16)(H2,13,14,17). The summed E-state index contributed by atoms with van der Waals surface area (Å²) >= 11 is 0. The summed E-state index contributed by atoms with van der Waals surface area (Å²) in [5.74, 6) is -0.677. The summed E-state index contributed by atoms with van der Waals surface area (Å²) < 4.78 is 9.99. The number of nitrogens with one attached hydrogen (secondary N) is 2. The van der Waals surface area contributed by atoms with Crippen LogP contribution >= 0.6 is 0 Å². The van der Waals surface area contributed by atoms with Crippen LogP contribution in [-0.4, -0.2) is 57.1 Å². The Kier molecular flexibility index (Phi) is 10.9. The molecule has 7 heteroatoms. The number of ether oxygens (including phenoxy) is 2. The van der Waals surface area contributed by atoms with Crippen molar-refractivity contribution >= 4 is 12.0 Å². The SMILES string of the molecule is COCCOCCNC(=O)NCC(C)CCC(=O)O. The van der Waals surface area contributed by atoms with Crippen molar-refractivity contribution in [2.45, 2.75) is 19.8 Å². The number of methoxy groups -OCH3 is 1. The first-order chi connectivity index (χ1) is 9.06. The summed E-state index contributed by atoms with van der Waals surface area (Å²) in [5.41, 5.74) is 0. The number of carboxylic acids is 1. The first-order valence-electron chi connectivity index (χ1n) is 6.36. The minimum atomic E-state index is -0.815. The zero-order chi connectivity index (χ0) is 14.5. The molecule has 0 spiro atoms.